The van der Waals surface area contributed by atoms with E-state index < -0.39 is 6.04 Å². The molecule has 0 amide bonds. The molecule has 3 aromatic rings. The average Bonchev–Trinajstić information content (AvgIpc) is 2.86. The largest absolute Gasteiger partial charge is 0.340 e. The fourth-order valence-electron chi connectivity index (χ4n) is 1.99. The summed E-state index contributed by atoms with van der Waals surface area (Å²) in [6, 6.07) is 6.89. The van der Waals surface area contributed by atoms with E-state index in [1.807, 2.05) is 18.2 Å². The first-order valence-electron chi connectivity index (χ1n) is 5.76. The van der Waals surface area contributed by atoms with Crippen LogP contribution in [0.15, 0.2) is 35.0 Å². The molecule has 2 N–H and O–H groups in total. The zero-order chi connectivity index (χ0) is 13.4. The summed E-state index contributed by atoms with van der Waals surface area (Å²) in [6.07, 6.45) is 1.70. The lowest BCUT2D eigenvalue weighted by atomic mass is 10.0. The minimum absolute atomic E-state index is 0.437. The van der Waals surface area contributed by atoms with Crippen molar-refractivity contribution in [3.8, 4) is 0 Å². The highest BCUT2D eigenvalue weighted by Crippen LogP contribution is 2.29. The van der Waals surface area contributed by atoms with E-state index >= 15 is 0 Å². The number of aromatic nitrogens is 3. The lowest BCUT2D eigenvalue weighted by Crippen LogP contribution is -2.14. The van der Waals surface area contributed by atoms with E-state index in [1.165, 1.54) is 0 Å². The van der Waals surface area contributed by atoms with Crippen LogP contribution in [0.3, 0.4) is 0 Å². The summed E-state index contributed by atoms with van der Waals surface area (Å²) in [5.41, 5.74) is 7.75. The second-order valence-electron chi connectivity index (χ2n) is 4.19. The molecule has 3 rings (SSSR count). The molecule has 0 aliphatic heterocycles. The first kappa shape index (κ1) is 12.1. The molecule has 0 spiro atoms. The first-order valence-corrected chi connectivity index (χ1v) is 6.13. The quantitative estimate of drug-likeness (QED) is 0.777. The predicted molar refractivity (Wildman–Crippen MR) is 71.8 cm³/mol. The Bertz CT molecular complexity index is 740. The zero-order valence-electron chi connectivity index (χ0n) is 10.2. The monoisotopic (exact) mass is 274 g/mol. The van der Waals surface area contributed by atoms with E-state index in [0.717, 1.165) is 16.5 Å². The van der Waals surface area contributed by atoms with E-state index in [2.05, 4.69) is 15.1 Å². The molecule has 0 saturated carbocycles. The number of benzene rings is 1. The minimum atomic E-state index is -0.493. The Morgan fingerprint density at radius 3 is 2.89 bits per heavy atom. The maximum atomic E-state index is 6.18. The number of pyridine rings is 1. The maximum absolute atomic E-state index is 6.18. The van der Waals surface area contributed by atoms with Gasteiger partial charge in [0.05, 0.1) is 11.6 Å². The van der Waals surface area contributed by atoms with Crippen molar-refractivity contribution >= 4 is 22.5 Å². The fourth-order valence-corrected chi connectivity index (χ4v) is 2.21. The third kappa shape index (κ3) is 2.07. The van der Waals surface area contributed by atoms with Crippen LogP contribution in [0.1, 0.15) is 23.3 Å². The molecule has 96 valence electrons. The molecular formula is C13H11ClN4O. The predicted octanol–water partition coefficient (Wildman–Crippen LogP) is 2.63. The van der Waals surface area contributed by atoms with E-state index in [0.29, 0.717) is 16.7 Å². The van der Waals surface area contributed by atoms with Gasteiger partial charge in [-0.05, 0) is 18.2 Å². The highest BCUT2D eigenvalue weighted by Gasteiger charge is 2.18. The normalized spacial score (nSPS) is 12.8. The van der Waals surface area contributed by atoms with Crippen molar-refractivity contribution in [2.45, 2.75) is 13.0 Å². The lowest BCUT2D eigenvalue weighted by molar-refractivity contribution is 0.385. The molecule has 5 nitrogen and oxygen atoms in total. The molecule has 1 aromatic carbocycles. The van der Waals surface area contributed by atoms with E-state index in [9.17, 15) is 0 Å². The zero-order valence-corrected chi connectivity index (χ0v) is 10.9. The van der Waals surface area contributed by atoms with Crippen LogP contribution in [0.5, 0.6) is 0 Å². The summed E-state index contributed by atoms with van der Waals surface area (Å²) in [5.74, 6) is 0.920. The number of fused-ring (bicyclic) bond motifs is 1. The van der Waals surface area contributed by atoms with Gasteiger partial charge in [0.1, 0.15) is 0 Å². The van der Waals surface area contributed by atoms with Crippen LogP contribution in [-0.4, -0.2) is 15.1 Å². The van der Waals surface area contributed by atoms with Gasteiger partial charge in [-0.15, -0.1) is 0 Å². The molecule has 1 atom stereocenters. The van der Waals surface area contributed by atoms with Gasteiger partial charge < -0.3 is 10.3 Å². The van der Waals surface area contributed by atoms with E-state index in [1.54, 1.807) is 19.2 Å². The van der Waals surface area contributed by atoms with Crippen LogP contribution in [0, 0.1) is 6.92 Å². The summed E-state index contributed by atoms with van der Waals surface area (Å²) in [4.78, 5) is 8.50. The third-order valence-corrected chi connectivity index (χ3v) is 3.23. The van der Waals surface area contributed by atoms with Crippen molar-refractivity contribution in [3.63, 3.8) is 0 Å². The standard InChI is InChI=1S/C13H11ClN4O/c1-7-17-13(18-19-7)11(15)9-4-5-10(14)8-3-2-6-16-12(8)9/h2-6,11H,15H2,1H3. The van der Waals surface area contributed by atoms with Crippen LogP contribution < -0.4 is 5.73 Å². The SMILES string of the molecule is Cc1nc(C(N)c2ccc(Cl)c3cccnc23)no1. The van der Waals surface area contributed by atoms with Gasteiger partial charge in [-0.2, -0.15) is 4.98 Å². The van der Waals surface area contributed by atoms with Crippen molar-refractivity contribution in [3.05, 3.63) is 52.8 Å². The number of nitrogens with zero attached hydrogens (tertiary/aromatic N) is 3. The lowest BCUT2D eigenvalue weighted by Gasteiger charge is -2.11. The molecule has 19 heavy (non-hydrogen) atoms. The Morgan fingerprint density at radius 1 is 1.32 bits per heavy atom. The molecule has 2 aromatic heterocycles. The molecule has 0 fully saturated rings. The van der Waals surface area contributed by atoms with Crippen molar-refractivity contribution in [1.82, 2.24) is 15.1 Å². The summed E-state index contributed by atoms with van der Waals surface area (Å²) >= 11 is 6.15. The Labute approximate surface area is 114 Å². The Morgan fingerprint density at radius 2 is 2.16 bits per heavy atom. The fraction of sp³-hybridized carbons (Fsp3) is 0.154. The average molecular weight is 275 g/mol. The van der Waals surface area contributed by atoms with Crippen LogP contribution in [0.2, 0.25) is 5.02 Å². The molecule has 0 saturated heterocycles. The number of nitrogens with two attached hydrogens (primary N) is 1. The number of hydrogen-bond acceptors (Lipinski definition) is 5. The van der Waals surface area contributed by atoms with Crippen molar-refractivity contribution in [2.24, 2.45) is 5.73 Å². The summed E-state index contributed by atoms with van der Waals surface area (Å²) < 4.78 is 4.96. The van der Waals surface area contributed by atoms with Crippen molar-refractivity contribution < 1.29 is 4.52 Å². The van der Waals surface area contributed by atoms with Gasteiger partial charge in [0, 0.05) is 29.1 Å². The van der Waals surface area contributed by atoms with E-state index in [-0.39, 0.29) is 0 Å². The number of aryl methyl sites for hydroxylation is 1. The van der Waals surface area contributed by atoms with Crippen LogP contribution in [0.25, 0.3) is 10.9 Å². The minimum Gasteiger partial charge on any atom is -0.340 e. The second-order valence-corrected chi connectivity index (χ2v) is 4.59. The van der Waals surface area contributed by atoms with Gasteiger partial charge in [0.25, 0.3) is 0 Å². The van der Waals surface area contributed by atoms with Crippen LogP contribution in [0.4, 0.5) is 0 Å². The van der Waals surface area contributed by atoms with E-state index in [4.69, 9.17) is 21.9 Å². The molecule has 6 heteroatoms. The topological polar surface area (TPSA) is 77.8 Å². The number of rotatable bonds is 2. The van der Waals surface area contributed by atoms with Gasteiger partial charge in [0.2, 0.25) is 5.89 Å². The smallest absolute Gasteiger partial charge is 0.223 e. The summed E-state index contributed by atoms with van der Waals surface area (Å²) in [6.45, 7) is 1.72. The van der Waals surface area contributed by atoms with Crippen LogP contribution >= 0.6 is 11.6 Å². The molecule has 1 unspecified atom stereocenters. The highest BCUT2D eigenvalue weighted by molar-refractivity contribution is 6.35. The van der Waals surface area contributed by atoms with Crippen molar-refractivity contribution in [1.29, 1.82) is 0 Å². The highest BCUT2D eigenvalue weighted by atomic mass is 35.5. The van der Waals surface area contributed by atoms with Crippen molar-refractivity contribution in [2.75, 3.05) is 0 Å². The Hall–Kier alpha value is -1.98. The second kappa shape index (κ2) is 4.60. The first-order chi connectivity index (χ1) is 9.16. The molecule has 0 radical (unpaired) electrons. The molecule has 0 bridgehead atoms. The maximum Gasteiger partial charge on any atom is 0.223 e. The Kier molecular flexibility index (Phi) is 2.93. The van der Waals surface area contributed by atoms with Gasteiger partial charge >= 0.3 is 0 Å². The van der Waals surface area contributed by atoms with Gasteiger partial charge in [-0.3, -0.25) is 4.98 Å². The van der Waals surface area contributed by atoms with Gasteiger partial charge in [0.15, 0.2) is 5.82 Å². The van der Waals surface area contributed by atoms with Crippen LogP contribution in [-0.2, 0) is 0 Å². The molecule has 2 heterocycles. The third-order valence-electron chi connectivity index (χ3n) is 2.90. The molecule has 0 aliphatic rings. The number of halogens is 1. The van der Waals surface area contributed by atoms with Gasteiger partial charge in [-0.25, -0.2) is 0 Å². The summed E-state index contributed by atoms with van der Waals surface area (Å²) in [5, 5.41) is 5.35. The molecule has 0 aliphatic carbocycles. The van der Waals surface area contributed by atoms with Gasteiger partial charge in [-0.1, -0.05) is 22.8 Å². The Balaban J connectivity index is 2.18. The number of hydrogen-bond donors (Lipinski definition) is 1. The molecular weight excluding hydrogens is 264 g/mol. The summed E-state index contributed by atoms with van der Waals surface area (Å²) in [7, 11) is 0.